The molecule has 0 bridgehead atoms. The number of rotatable bonds is 2. The third kappa shape index (κ3) is 2.00. The average Bonchev–Trinajstić information content (AvgIpc) is 2.65. The number of aryl methyl sites for hydroxylation is 1. The first-order valence-corrected chi connectivity index (χ1v) is 6.59. The minimum absolute atomic E-state index is 0.824. The highest BCUT2D eigenvalue weighted by Crippen LogP contribution is 2.39. The third-order valence-electron chi connectivity index (χ3n) is 3.58. The van der Waals surface area contributed by atoms with E-state index in [-0.39, 0.29) is 0 Å². The summed E-state index contributed by atoms with van der Waals surface area (Å²) in [4.78, 5) is 5.90. The van der Waals surface area contributed by atoms with Crippen molar-refractivity contribution < 1.29 is 0 Å². The Kier molecular flexibility index (Phi) is 3.22. The lowest BCUT2D eigenvalue weighted by molar-refractivity contribution is 0.320. The maximum atomic E-state index is 4.35. The molecule has 0 atom stereocenters. The molecule has 1 fully saturated rings. The number of hydrogen-bond donors (Lipinski definition) is 0. The summed E-state index contributed by atoms with van der Waals surface area (Å²) < 4.78 is 0. The molecule has 0 amide bonds. The molecule has 0 unspecified atom stereocenters. The van der Waals surface area contributed by atoms with Crippen molar-refractivity contribution in [1.29, 1.82) is 0 Å². The highest BCUT2D eigenvalue weighted by Gasteiger charge is 2.23. The zero-order valence-corrected chi connectivity index (χ0v) is 9.94. The van der Waals surface area contributed by atoms with Gasteiger partial charge in [0.15, 0.2) is 0 Å². The van der Waals surface area contributed by atoms with E-state index in [0.29, 0.717) is 0 Å². The summed E-state index contributed by atoms with van der Waals surface area (Å²) in [5.41, 5.74) is 3.27. The van der Waals surface area contributed by atoms with Crippen LogP contribution in [0, 0.1) is 12.8 Å². The Hall–Kier alpha value is -0.370. The maximum absolute atomic E-state index is 4.35. The van der Waals surface area contributed by atoms with Gasteiger partial charge in [-0.1, -0.05) is 13.3 Å². The summed E-state index contributed by atoms with van der Waals surface area (Å²) in [6.07, 6.45) is 7.01. The van der Waals surface area contributed by atoms with Gasteiger partial charge in [0, 0.05) is 4.88 Å². The molecule has 1 aromatic heterocycles. The first-order chi connectivity index (χ1) is 6.81. The van der Waals surface area contributed by atoms with Crippen LogP contribution in [-0.2, 0) is 0 Å². The molecule has 0 radical (unpaired) electrons. The molecule has 0 aromatic carbocycles. The predicted molar refractivity (Wildman–Crippen MR) is 61.8 cm³/mol. The lowest BCUT2D eigenvalue weighted by Crippen LogP contribution is -2.12. The van der Waals surface area contributed by atoms with Crippen molar-refractivity contribution in [2.45, 2.75) is 51.9 Å². The van der Waals surface area contributed by atoms with Gasteiger partial charge >= 0.3 is 0 Å². The lowest BCUT2D eigenvalue weighted by atomic mass is 9.80. The second-order valence-corrected chi connectivity index (χ2v) is 5.31. The van der Waals surface area contributed by atoms with Crippen molar-refractivity contribution >= 4 is 11.3 Å². The molecule has 1 nitrogen and oxygen atoms in total. The van der Waals surface area contributed by atoms with Gasteiger partial charge in [0.25, 0.3) is 0 Å². The van der Waals surface area contributed by atoms with Crippen molar-refractivity contribution in [3.63, 3.8) is 0 Å². The van der Waals surface area contributed by atoms with Crippen molar-refractivity contribution in [2.24, 2.45) is 5.92 Å². The topological polar surface area (TPSA) is 12.9 Å². The fraction of sp³-hybridized carbons (Fsp3) is 0.750. The summed E-state index contributed by atoms with van der Waals surface area (Å²) in [6, 6.07) is 0. The van der Waals surface area contributed by atoms with Crippen LogP contribution in [0.25, 0.3) is 0 Å². The predicted octanol–water partition coefficient (Wildman–Crippen LogP) is 4.14. The lowest BCUT2D eigenvalue weighted by Gasteiger charge is -2.27. The zero-order valence-electron chi connectivity index (χ0n) is 9.12. The van der Waals surface area contributed by atoms with Crippen molar-refractivity contribution in [3.8, 4) is 0 Å². The molecule has 0 N–H and O–H groups in total. The first-order valence-electron chi connectivity index (χ1n) is 5.71. The Labute approximate surface area is 90.6 Å². The summed E-state index contributed by atoms with van der Waals surface area (Å²) >= 11 is 1.85. The van der Waals surface area contributed by atoms with E-state index in [0.717, 1.165) is 11.8 Å². The smallest absolute Gasteiger partial charge is 0.0797 e. The van der Waals surface area contributed by atoms with Gasteiger partial charge in [0.2, 0.25) is 0 Å². The number of aromatic nitrogens is 1. The second kappa shape index (κ2) is 4.43. The van der Waals surface area contributed by atoms with E-state index in [4.69, 9.17) is 0 Å². The van der Waals surface area contributed by atoms with Crippen LogP contribution in [0.2, 0.25) is 0 Å². The molecule has 2 heteroatoms. The molecule has 0 aliphatic heterocycles. The van der Waals surface area contributed by atoms with E-state index in [9.17, 15) is 0 Å². The largest absolute Gasteiger partial charge is 0.250 e. The Morgan fingerprint density at radius 1 is 1.36 bits per heavy atom. The minimum atomic E-state index is 0.824. The molecular formula is C12H19NS. The van der Waals surface area contributed by atoms with Crippen LogP contribution in [0.15, 0.2) is 5.51 Å². The van der Waals surface area contributed by atoms with Gasteiger partial charge in [0.05, 0.1) is 11.2 Å². The normalized spacial score (nSPS) is 27.9. The van der Waals surface area contributed by atoms with Crippen LogP contribution >= 0.6 is 11.3 Å². The molecule has 14 heavy (non-hydrogen) atoms. The monoisotopic (exact) mass is 209 g/mol. The summed E-state index contributed by atoms with van der Waals surface area (Å²) in [7, 11) is 0. The SMILES string of the molecule is CCC1CCC(c2scnc2C)CC1. The van der Waals surface area contributed by atoms with Crippen LogP contribution in [0.3, 0.4) is 0 Å². The fourth-order valence-electron chi connectivity index (χ4n) is 2.54. The minimum Gasteiger partial charge on any atom is -0.250 e. The molecule has 78 valence electrons. The number of thiazole rings is 1. The highest BCUT2D eigenvalue weighted by molar-refractivity contribution is 7.09. The zero-order chi connectivity index (χ0) is 9.97. The van der Waals surface area contributed by atoms with E-state index < -0.39 is 0 Å². The standard InChI is InChI=1S/C12H19NS/c1-3-10-4-6-11(7-5-10)12-9(2)13-8-14-12/h8,10-11H,3-7H2,1-2H3. The molecule has 1 aliphatic rings. The summed E-state index contributed by atoms with van der Waals surface area (Å²) in [5.74, 6) is 1.82. The van der Waals surface area contributed by atoms with E-state index in [1.54, 1.807) is 4.88 Å². The molecule has 1 heterocycles. The van der Waals surface area contributed by atoms with Crippen molar-refractivity contribution in [3.05, 3.63) is 16.1 Å². The van der Waals surface area contributed by atoms with Crippen molar-refractivity contribution in [1.82, 2.24) is 4.98 Å². The third-order valence-corrected chi connectivity index (χ3v) is 4.67. The maximum Gasteiger partial charge on any atom is 0.0797 e. The van der Waals surface area contributed by atoms with Gasteiger partial charge in [-0.2, -0.15) is 0 Å². The van der Waals surface area contributed by atoms with Crippen LogP contribution in [0.1, 0.15) is 55.5 Å². The van der Waals surface area contributed by atoms with Gasteiger partial charge in [-0.3, -0.25) is 0 Å². The van der Waals surface area contributed by atoms with Gasteiger partial charge in [-0.05, 0) is 44.4 Å². The Bertz CT molecular complexity index is 284. The summed E-state index contributed by atoms with van der Waals surface area (Å²) in [5, 5.41) is 0. The first kappa shape index (κ1) is 10.2. The van der Waals surface area contributed by atoms with Crippen LogP contribution < -0.4 is 0 Å². The van der Waals surface area contributed by atoms with Gasteiger partial charge in [0.1, 0.15) is 0 Å². The van der Waals surface area contributed by atoms with Crippen molar-refractivity contribution in [2.75, 3.05) is 0 Å². The fourth-order valence-corrected chi connectivity index (χ4v) is 3.51. The number of hydrogen-bond acceptors (Lipinski definition) is 2. The van der Waals surface area contributed by atoms with E-state index in [2.05, 4.69) is 18.8 Å². The summed E-state index contributed by atoms with van der Waals surface area (Å²) in [6.45, 7) is 4.47. The Morgan fingerprint density at radius 2 is 2.07 bits per heavy atom. The Morgan fingerprint density at radius 3 is 2.57 bits per heavy atom. The molecule has 1 aromatic rings. The Balaban J connectivity index is 1.99. The molecule has 2 rings (SSSR count). The van der Waals surface area contributed by atoms with Gasteiger partial charge in [-0.25, -0.2) is 4.98 Å². The highest BCUT2D eigenvalue weighted by atomic mass is 32.1. The van der Waals surface area contributed by atoms with E-state index in [1.807, 2.05) is 16.8 Å². The molecule has 1 saturated carbocycles. The molecule has 1 aliphatic carbocycles. The molecular weight excluding hydrogens is 190 g/mol. The molecule has 0 spiro atoms. The number of nitrogens with zero attached hydrogens (tertiary/aromatic N) is 1. The quantitative estimate of drug-likeness (QED) is 0.713. The van der Waals surface area contributed by atoms with Crippen LogP contribution in [-0.4, -0.2) is 4.98 Å². The van der Waals surface area contributed by atoms with E-state index in [1.165, 1.54) is 37.8 Å². The van der Waals surface area contributed by atoms with Crippen LogP contribution in [0.5, 0.6) is 0 Å². The van der Waals surface area contributed by atoms with E-state index >= 15 is 0 Å². The second-order valence-electron chi connectivity index (χ2n) is 4.43. The van der Waals surface area contributed by atoms with Gasteiger partial charge in [-0.15, -0.1) is 11.3 Å². The average molecular weight is 209 g/mol. The van der Waals surface area contributed by atoms with Gasteiger partial charge < -0.3 is 0 Å². The molecule has 0 saturated heterocycles. The van der Waals surface area contributed by atoms with Crippen LogP contribution in [0.4, 0.5) is 0 Å².